The number of piperidine rings is 1. The van der Waals surface area contributed by atoms with Crippen LogP contribution in [-0.2, 0) is 11.3 Å². The van der Waals surface area contributed by atoms with E-state index in [0.717, 1.165) is 19.6 Å². The number of hydrogen-bond donors (Lipinski definition) is 0. The molecule has 1 aromatic heterocycles. The van der Waals surface area contributed by atoms with Crippen LogP contribution in [0.3, 0.4) is 0 Å². The van der Waals surface area contributed by atoms with E-state index in [1.165, 1.54) is 18.4 Å². The van der Waals surface area contributed by atoms with Crippen molar-refractivity contribution >= 4 is 5.78 Å². The third kappa shape index (κ3) is 4.16. The highest BCUT2D eigenvalue weighted by Crippen LogP contribution is 2.19. The molecule has 1 saturated heterocycles. The zero-order valence-electron chi connectivity index (χ0n) is 12.3. The molecule has 4 nitrogen and oxygen atoms in total. The first-order valence-electron chi connectivity index (χ1n) is 7.28. The Morgan fingerprint density at radius 2 is 2.32 bits per heavy atom. The lowest BCUT2D eigenvalue weighted by Gasteiger charge is -2.31. The SMILES string of the molecule is CC(=O)CN1CCC[C@H](Cn2cc(C(C)C)cn2)C1. The van der Waals surface area contributed by atoms with Crippen molar-refractivity contribution in [2.45, 2.75) is 46.1 Å². The van der Waals surface area contributed by atoms with Crippen LogP contribution in [0.25, 0.3) is 0 Å². The fourth-order valence-electron chi connectivity index (χ4n) is 2.80. The highest BCUT2D eigenvalue weighted by Gasteiger charge is 2.21. The van der Waals surface area contributed by atoms with E-state index < -0.39 is 0 Å². The lowest BCUT2D eigenvalue weighted by Crippen LogP contribution is -2.39. The number of hydrogen-bond acceptors (Lipinski definition) is 3. The van der Waals surface area contributed by atoms with Crippen molar-refractivity contribution < 1.29 is 4.79 Å². The second-order valence-corrected chi connectivity index (χ2v) is 6.10. The number of likely N-dealkylation sites (tertiary alicyclic amines) is 1. The number of carbonyl (C=O) groups is 1. The Bertz CT molecular complexity index is 425. The van der Waals surface area contributed by atoms with Crippen molar-refractivity contribution in [2.75, 3.05) is 19.6 Å². The molecule has 2 rings (SSSR count). The third-order valence-corrected chi connectivity index (χ3v) is 3.81. The molecule has 0 saturated carbocycles. The summed E-state index contributed by atoms with van der Waals surface area (Å²) in [4.78, 5) is 13.5. The minimum atomic E-state index is 0.266. The summed E-state index contributed by atoms with van der Waals surface area (Å²) >= 11 is 0. The number of carbonyl (C=O) groups excluding carboxylic acids is 1. The molecular formula is C15H25N3O. The van der Waals surface area contributed by atoms with Gasteiger partial charge in [-0.05, 0) is 43.7 Å². The predicted molar refractivity (Wildman–Crippen MR) is 76.2 cm³/mol. The predicted octanol–water partition coefficient (Wildman–Crippen LogP) is 2.31. The van der Waals surface area contributed by atoms with E-state index in [2.05, 4.69) is 34.7 Å². The van der Waals surface area contributed by atoms with Crippen molar-refractivity contribution in [3.8, 4) is 0 Å². The fraction of sp³-hybridized carbons (Fsp3) is 0.733. The molecule has 0 N–H and O–H groups in total. The topological polar surface area (TPSA) is 38.1 Å². The smallest absolute Gasteiger partial charge is 0.143 e. The molecule has 0 spiro atoms. The molecule has 1 aromatic rings. The van der Waals surface area contributed by atoms with Crippen LogP contribution in [-0.4, -0.2) is 40.1 Å². The Labute approximate surface area is 115 Å². The zero-order valence-corrected chi connectivity index (χ0v) is 12.3. The van der Waals surface area contributed by atoms with Crippen LogP contribution < -0.4 is 0 Å². The van der Waals surface area contributed by atoms with Crippen LogP contribution in [0.1, 0.15) is 45.1 Å². The first kappa shape index (κ1) is 14.3. The second-order valence-electron chi connectivity index (χ2n) is 6.10. The van der Waals surface area contributed by atoms with Crippen molar-refractivity contribution in [3.05, 3.63) is 18.0 Å². The van der Waals surface area contributed by atoms with Gasteiger partial charge in [0.2, 0.25) is 0 Å². The van der Waals surface area contributed by atoms with Crippen molar-refractivity contribution in [1.29, 1.82) is 0 Å². The monoisotopic (exact) mass is 263 g/mol. The molecule has 0 radical (unpaired) electrons. The van der Waals surface area contributed by atoms with Gasteiger partial charge >= 0.3 is 0 Å². The lowest BCUT2D eigenvalue weighted by molar-refractivity contribution is -0.118. The van der Waals surface area contributed by atoms with Crippen molar-refractivity contribution in [2.24, 2.45) is 5.92 Å². The molecule has 1 aliphatic rings. The molecule has 1 atom stereocenters. The Morgan fingerprint density at radius 3 is 2.95 bits per heavy atom. The van der Waals surface area contributed by atoms with E-state index in [1.807, 2.05) is 6.20 Å². The zero-order chi connectivity index (χ0) is 13.8. The molecule has 1 fully saturated rings. The average molecular weight is 263 g/mol. The maximum atomic E-state index is 11.2. The standard InChI is InChI=1S/C15H25N3O/c1-12(2)15-7-16-18(11-15)10-14-5-4-6-17(9-14)8-13(3)19/h7,11-12,14H,4-6,8-10H2,1-3H3/t14-/m0/s1. The summed E-state index contributed by atoms with van der Waals surface area (Å²) in [5.74, 6) is 1.42. The number of rotatable bonds is 5. The first-order valence-corrected chi connectivity index (χ1v) is 7.28. The molecule has 106 valence electrons. The van der Waals surface area contributed by atoms with Gasteiger partial charge in [-0.15, -0.1) is 0 Å². The molecule has 0 unspecified atom stereocenters. The van der Waals surface area contributed by atoms with Gasteiger partial charge in [0.25, 0.3) is 0 Å². The molecule has 19 heavy (non-hydrogen) atoms. The van der Waals surface area contributed by atoms with Gasteiger partial charge in [0.15, 0.2) is 0 Å². The molecule has 1 aliphatic heterocycles. The Hall–Kier alpha value is -1.16. The minimum absolute atomic E-state index is 0.266. The highest BCUT2D eigenvalue weighted by atomic mass is 16.1. The molecule has 0 bridgehead atoms. The average Bonchev–Trinajstić information content (AvgIpc) is 2.77. The van der Waals surface area contributed by atoms with Crippen LogP contribution >= 0.6 is 0 Å². The number of ketones is 1. The summed E-state index contributed by atoms with van der Waals surface area (Å²) in [6, 6.07) is 0. The molecule has 0 aromatic carbocycles. The van der Waals surface area contributed by atoms with Crippen LogP contribution in [0.2, 0.25) is 0 Å². The summed E-state index contributed by atoms with van der Waals surface area (Å²) in [5, 5.41) is 4.45. The van der Waals surface area contributed by atoms with Crippen molar-refractivity contribution in [1.82, 2.24) is 14.7 Å². The summed E-state index contributed by atoms with van der Waals surface area (Å²) in [7, 11) is 0. The van der Waals surface area contributed by atoms with Crippen molar-refractivity contribution in [3.63, 3.8) is 0 Å². The summed E-state index contributed by atoms with van der Waals surface area (Å²) in [6.45, 7) is 9.72. The molecule has 4 heteroatoms. The van der Waals surface area contributed by atoms with Crippen LogP contribution in [0, 0.1) is 5.92 Å². The fourth-order valence-corrected chi connectivity index (χ4v) is 2.80. The van der Waals surface area contributed by atoms with E-state index >= 15 is 0 Å². The van der Waals surface area contributed by atoms with Gasteiger partial charge < -0.3 is 0 Å². The summed E-state index contributed by atoms with van der Waals surface area (Å²) < 4.78 is 2.07. The Kier molecular flexibility index (Phi) is 4.75. The quantitative estimate of drug-likeness (QED) is 0.818. The van der Waals surface area contributed by atoms with Crippen LogP contribution in [0.4, 0.5) is 0 Å². The van der Waals surface area contributed by atoms with E-state index in [1.54, 1.807) is 6.92 Å². The number of aromatic nitrogens is 2. The van der Waals surface area contributed by atoms with E-state index in [-0.39, 0.29) is 5.78 Å². The van der Waals surface area contributed by atoms with Crippen LogP contribution in [0.15, 0.2) is 12.4 Å². The largest absolute Gasteiger partial charge is 0.299 e. The normalized spacial score (nSPS) is 20.9. The van der Waals surface area contributed by atoms with Crippen LogP contribution in [0.5, 0.6) is 0 Å². The van der Waals surface area contributed by atoms with Gasteiger partial charge in [0.1, 0.15) is 5.78 Å². The molecule has 2 heterocycles. The number of Topliss-reactive ketones (excluding diaryl/α,β-unsaturated/α-hetero) is 1. The van der Waals surface area contributed by atoms with E-state index in [0.29, 0.717) is 18.4 Å². The van der Waals surface area contributed by atoms with Gasteiger partial charge in [-0.25, -0.2) is 0 Å². The summed E-state index contributed by atoms with van der Waals surface area (Å²) in [5.41, 5.74) is 1.30. The molecule has 0 amide bonds. The lowest BCUT2D eigenvalue weighted by atomic mass is 9.98. The maximum absolute atomic E-state index is 11.2. The van der Waals surface area contributed by atoms with Gasteiger partial charge in [0, 0.05) is 19.3 Å². The van der Waals surface area contributed by atoms with Gasteiger partial charge in [0.05, 0.1) is 12.7 Å². The Balaban J connectivity index is 1.89. The van der Waals surface area contributed by atoms with E-state index in [9.17, 15) is 4.79 Å². The summed E-state index contributed by atoms with van der Waals surface area (Å²) in [6.07, 6.45) is 6.57. The third-order valence-electron chi connectivity index (χ3n) is 3.81. The highest BCUT2D eigenvalue weighted by molar-refractivity contribution is 5.77. The minimum Gasteiger partial charge on any atom is -0.299 e. The molecular weight excluding hydrogens is 238 g/mol. The van der Waals surface area contributed by atoms with E-state index in [4.69, 9.17) is 0 Å². The molecule has 0 aliphatic carbocycles. The van der Waals surface area contributed by atoms with Gasteiger partial charge in [-0.2, -0.15) is 5.10 Å². The maximum Gasteiger partial charge on any atom is 0.143 e. The Morgan fingerprint density at radius 1 is 1.53 bits per heavy atom. The first-order chi connectivity index (χ1) is 9.04. The van der Waals surface area contributed by atoms with Gasteiger partial charge in [-0.1, -0.05) is 13.8 Å². The van der Waals surface area contributed by atoms with Gasteiger partial charge in [-0.3, -0.25) is 14.4 Å². The second kappa shape index (κ2) is 6.33. The number of nitrogens with zero attached hydrogens (tertiary/aromatic N) is 3.